The van der Waals surface area contributed by atoms with Crippen LogP contribution in [0.15, 0.2) is 42.1 Å². The Morgan fingerprint density at radius 3 is 1.84 bits per heavy atom. The second kappa shape index (κ2) is 16.5. The molecule has 0 unspecified atom stereocenters. The van der Waals surface area contributed by atoms with Crippen LogP contribution < -0.4 is 0 Å². The van der Waals surface area contributed by atoms with Gasteiger partial charge in [0.25, 0.3) is 0 Å². The van der Waals surface area contributed by atoms with Gasteiger partial charge in [-0.15, -0.1) is 12.4 Å². The molecule has 0 aliphatic carbocycles. The Morgan fingerprint density at radius 2 is 1.32 bits per heavy atom. The average molecular weight is 366 g/mol. The van der Waals surface area contributed by atoms with Gasteiger partial charge in [-0.2, -0.15) is 0 Å². The molecule has 0 saturated heterocycles. The van der Waals surface area contributed by atoms with Crippen molar-refractivity contribution < 1.29 is 0 Å². The predicted octanol–water partition coefficient (Wildman–Crippen LogP) is 7.76. The lowest BCUT2D eigenvalue weighted by Gasteiger charge is -2.21. The van der Waals surface area contributed by atoms with Gasteiger partial charge in [0, 0.05) is 13.1 Å². The fraction of sp³-hybridized carbons (Fsp3) is 0.652. The Morgan fingerprint density at radius 1 is 0.800 bits per heavy atom. The zero-order chi connectivity index (χ0) is 17.5. The molecule has 144 valence electrons. The van der Waals surface area contributed by atoms with Crippen LogP contribution in [-0.4, -0.2) is 11.4 Å². The molecule has 1 aromatic carbocycles. The molecule has 0 radical (unpaired) electrons. The van der Waals surface area contributed by atoms with Gasteiger partial charge in [0.1, 0.15) is 0 Å². The molecule has 0 aliphatic heterocycles. The summed E-state index contributed by atoms with van der Waals surface area (Å²) >= 11 is 0. The normalized spacial score (nSPS) is 10.2. The minimum atomic E-state index is 0. The Balaban J connectivity index is 0.00000576. The minimum Gasteiger partial charge on any atom is -0.373 e. The molecular weight excluding hydrogens is 326 g/mol. The summed E-state index contributed by atoms with van der Waals surface area (Å²) in [6, 6.07) is 10.8. The first-order chi connectivity index (χ1) is 11.7. The van der Waals surface area contributed by atoms with Crippen molar-refractivity contribution in [2.24, 2.45) is 0 Å². The number of halogens is 1. The molecule has 0 spiro atoms. The summed E-state index contributed by atoms with van der Waals surface area (Å²) < 4.78 is 0. The van der Waals surface area contributed by atoms with Crippen molar-refractivity contribution in [2.75, 3.05) is 6.54 Å². The smallest absolute Gasteiger partial charge is 0.0423 e. The van der Waals surface area contributed by atoms with Gasteiger partial charge >= 0.3 is 0 Å². The van der Waals surface area contributed by atoms with E-state index in [0.717, 1.165) is 6.54 Å². The summed E-state index contributed by atoms with van der Waals surface area (Å²) in [5.74, 6) is 0. The number of rotatable bonds is 14. The molecule has 1 nitrogen and oxygen atoms in total. The standard InChI is InChI=1S/C23H39N.ClH/c1-4-5-6-7-8-9-10-11-12-16-19-24(20-22(2)3)21-23-17-14-13-15-18-23;/h13-15,17-18,20H,4-12,16,19,21H2,1-3H3;1H. The van der Waals surface area contributed by atoms with Crippen molar-refractivity contribution >= 4 is 12.4 Å². The summed E-state index contributed by atoms with van der Waals surface area (Å²) in [6.07, 6.45) is 16.4. The largest absolute Gasteiger partial charge is 0.373 e. The molecule has 25 heavy (non-hydrogen) atoms. The second-order valence-electron chi connectivity index (χ2n) is 7.34. The molecule has 0 amide bonds. The van der Waals surface area contributed by atoms with Crippen LogP contribution in [0, 0.1) is 0 Å². The van der Waals surface area contributed by atoms with Gasteiger partial charge in [-0.05, 0) is 32.0 Å². The molecule has 0 atom stereocenters. The molecular formula is C23H40ClN. The Labute approximate surface area is 163 Å². The third-order valence-electron chi connectivity index (χ3n) is 4.47. The maximum absolute atomic E-state index is 2.48. The number of nitrogens with zero attached hydrogens (tertiary/aromatic N) is 1. The summed E-state index contributed by atoms with van der Waals surface area (Å²) in [5, 5.41) is 0. The number of hydrogen-bond acceptors (Lipinski definition) is 1. The Hall–Kier alpha value is -0.950. The van der Waals surface area contributed by atoms with Crippen molar-refractivity contribution in [2.45, 2.75) is 91.5 Å². The molecule has 2 heteroatoms. The number of unbranched alkanes of at least 4 members (excludes halogenated alkanes) is 9. The quantitative estimate of drug-likeness (QED) is 0.304. The zero-order valence-corrected chi connectivity index (χ0v) is 17.6. The maximum Gasteiger partial charge on any atom is 0.0423 e. The highest BCUT2D eigenvalue weighted by Gasteiger charge is 2.02. The van der Waals surface area contributed by atoms with E-state index in [1.807, 2.05) is 0 Å². The van der Waals surface area contributed by atoms with Crippen LogP contribution in [0.1, 0.15) is 90.5 Å². The lowest BCUT2D eigenvalue weighted by molar-refractivity contribution is 0.352. The van der Waals surface area contributed by atoms with E-state index >= 15 is 0 Å². The van der Waals surface area contributed by atoms with Gasteiger partial charge in [-0.25, -0.2) is 0 Å². The van der Waals surface area contributed by atoms with Crippen LogP contribution in [0.2, 0.25) is 0 Å². The minimum absolute atomic E-state index is 0. The first-order valence-corrected chi connectivity index (χ1v) is 10.2. The van der Waals surface area contributed by atoms with Crippen LogP contribution in [-0.2, 0) is 6.54 Å². The molecule has 0 N–H and O–H groups in total. The topological polar surface area (TPSA) is 3.24 Å². The lowest BCUT2D eigenvalue weighted by Crippen LogP contribution is -2.18. The third-order valence-corrected chi connectivity index (χ3v) is 4.47. The van der Waals surface area contributed by atoms with E-state index in [4.69, 9.17) is 0 Å². The molecule has 0 aromatic heterocycles. The molecule has 0 fully saturated rings. The Kier molecular flexibility index (Phi) is 15.9. The highest BCUT2D eigenvalue weighted by molar-refractivity contribution is 5.85. The molecule has 1 rings (SSSR count). The highest BCUT2D eigenvalue weighted by atomic mass is 35.5. The van der Waals surface area contributed by atoms with Gasteiger partial charge in [0.2, 0.25) is 0 Å². The maximum atomic E-state index is 2.48. The number of hydrogen-bond donors (Lipinski definition) is 0. The van der Waals surface area contributed by atoms with Crippen LogP contribution in [0.3, 0.4) is 0 Å². The number of benzene rings is 1. The van der Waals surface area contributed by atoms with E-state index in [9.17, 15) is 0 Å². The van der Waals surface area contributed by atoms with Crippen LogP contribution >= 0.6 is 12.4 Å². The van der Waals surface area contributed by atoms with Crippen LogP contribution in [0.25, 0.3) is 0 Å². The highest BCUT2D eigenvalue weighted by Crippen LogP contribution is 2.12. The third kappa shape index (κ3) is 14.0. The molecule has 0 aliphatic rings. The van der Waals surface area contributed by atoms with Crippen LogP contribution in [0.5, 0.6) is 0 Å². The van der Waals surface area contributed by atoms with E-state index in [0.29, 0.717) is 0 Å². The fourth-order valence-corrected chi connectivity index (χ4v) is 3.17. The van der Waals surface area contributed by atoms with Gasteiger partial charge in [-0.1, -0.05) is 101 Å². The van der Waals surface area contributed by atoms with E-state index in [1.165, 1.54) is 81.9 Å². The average Bonchev–Trinajstić information content (AvgIpc) is 2.57. The predicted molar refractivity (Wildman–Crippen MR) is 115 cm³/mol. The van der Waals surface area contributed by atoms with E-state index in [2.05, 4.69) is 62.2 Å². The fourth-order valence-electron chi connectivity index (χ4n) is 3.17. The van der Waals surface area contributed by atoms with E-state index in [1.54, 1.807) is 0 Å². The van der Waals surface area contributed by atoms with Gasteiger partial charge < -0.3 is 4.90 Å². The van der Waals surface area contributed by atoms with Gasteiger partial charge in [0.15, 0.2) is 0 Å². The first-order valence-electron chi connectivity index (χ1n) is 10.2. The SMILES string of the molecule is CCCCCCCCCCCCN(C=C(C)C)Cc1ccccc1.Cl. The van der Waals surface area contributed by atoms with E-state index in [-0.39, 0.29) is 12.4 Å². The summed E-state index contributed by atoms with van der Waals surface area (Å²) in [7, 11) is 0. The molecule has 0 bridgehead atoms. The van der Waals surface area contributed by atoms with Crippen molar-refractivity contribution in [3.05, 3.63) is 47.7 Å². The Bertz CT molecular complexity index is 423. The molecule has 0 saturated carbocycles. The van der Waals surface area contributed by atoms with Crippen molar-refractivity contribution in [1.29, 1.82) is 0 Å². The number of allylic oxidation sites excluding steroid dienone is 1. The van der Waals surface area contributed by atoms with Crippen molar-refractivity contribution in [1.82, 2.24) is 4.90 Å². The molecule has 0 heterocycles. The van der Waals surface area contributed by atoms with Gasteiger partial charge in [0.05, 0.1) is 0 Å². The van der Waals surface area contributed by atoms with Crippen molar-refractivity contribution in [3.63, 3.8) is 0 Å². The lowest BCUT2D eigenvalue weighted by atomic mass is 10.1. The summed E-state index contributed by atoms with van der Waals surface area (Å²) in [6.45, 7) is 8.88. The van der Waals surface area contributed by atoms with Crippen molar-refractivity contribution in [3.8, 4) is 0 Å². The van der Waals surface area contributed by atoms with E-state index < -0.39 is 0 Å². The van der Waals surface area contributed by atoms with Gasteiger partial charge in [-0.3, -0.25) is 0 Å². The zero-order valence-electron chi connectivity index (χ0n) is 16.8. The summed E-state index contributed by atoms with van der Waals surface area (Å²) in [5.41, 5.74) is 2.79. The summed E-state index contributed by atoms with van der Waals surface area (Å²) in [4.78, 5) is 2.48. The van der Waals surface area contributed by atoms with Crippen LogP contribution in [0.4, 0.5) is 0 Å². The second-order valence-corrected chi connectivity index (χ2v) is 7.34. The monoisotopic (exact) mass is 365 g/mol. The first kappa shape index (κ1) is 24.1. The molecule has 1 aromatic rings.